The van der Waals surface area contributed by atoms with E-state index in [4.69, 9.17) is 14.2 Å². The summed E-state index contributed by atoms with van der Waals surface area (Å²) < 4.78 is 16.1. The van der Waals surface area contributed by atoms with Crippen molar-refractivity contribution >= 4 is 11.9 Å². The highest BCUT2D eigenvalue weighted by atomic mass is 16.6. The first kappa shape index (κ1) is 18.0. The fourth-order valence-corrected chi connectivity index (χ4v) is 1.82. The van der Waals surface area contributed by atoms with E-state index in [0.717, 1.165) is 6.42 Å². The topological polar surface area (TPSA) is 61.8 Å². The van der Waals surface area contributed by atoms with Gasteiger partial charge in [-0.25, -0.2) is 4.79 Å². The minimum absolute atomic E-state index is 0.102. The fourth-order valence-electron chi connectivity index (χ4n) is 1.82. The van der Waals surface area contributed by atoms with Crippen LogP contribution in [-0.4, -0.2) is 35.9 Å². The Labute approximate surface area is 127 Å². The van der Waals surface area contributed by atoms with Crippen molar-refractivity contribution in [1.29, 1.82) is 0 Å². The van der Waals surface area contributed by atoms with Gasteiger partial charge in [0.05, 0.1) is 12.5 Å². The van der Waals surface area contributed by atoms with Crippen LogP contribution in [0.15, 0.2) is 0 Å². The molecule has 0 saturated heterocycles. The average Bonchev–Trinajstić information content (AvgIpc) is 3.00. The summed E-state index contributed by atoms with van der Waals surface area (Å²) in [5.74, 6) is -0.516. The molecule has 0 heterocycles. The van der Waals surface area contributed by atoms with E-state index in [1.165, 1.54) is 0 Å². The number of carbonyl (C=O) groups excluding carboxylic acids is 2. The molecule has 0 aliphatic heterocycles. The van der Waals surface area contributed by atoms with E-state index in [9.17, 15) is 9.59 Å². The molecule has 0 aromatic rings. The van der Waals surface area contributed by atoms with E-state index in [1.807, 2.05) is 41.5 Å². The summed E-state index contributed by atoms with van der Waals surface area (Å²) in [5, 5.41) is 0. The van der Waals surface area contributed by atoms with Gasteiger partial charge in [0.25, 0.3) is 0 Å². The monoisotopic (exact) mass is 300 g/mol. The standard InChI is InChI=1S/C16H28O5/c1-10(13(17)20-15(2,3)4)19-9-11-8-12(11)14(18)21-16(5,6)7/h10-12H,8-9H2,1-7H3/t10-,11?,12?/m1/s1. The van der Waals surface area contributed by atoms with Crippen molar-refractivity contribution in [1.82, 2.24) is 0 Å². The Hall–Kier alpha value is -1.10. The van der Waals surface area contributed by atoms with Crippen molar-refractivity contribution < 1.29 is 23.8 Å². The van der Waals surface area contributed by atoms with Crippen molar-refractivity contribution in [2.24, 2.45) is 11.8 Å². The number of esters is 2. The lowest BCUT2D eigenvalue weighted by atomic mass is 10.2. The van der Waals surface area contributed by atoms with Crippen molar-refractivity contribution in [3.8, 4) is 0 Å². The van der Waals surface area contributed by atoms with Crippen LogP contribution in [0.5, 0.6) is 0 Å². The van der Waals surface area contributed by atoms with Gasteiger partial charge in [-0.1, -0.05) is 0 Å². The van der Waals surface area contributed by atoms with E-state index >= 15 is 0 Å². The zero-order valence-electron chi connectivity index (χ0n) is 14.2. The lowest BCUT2D eigenvalue weighted by Gasteiger charge is -2.22. The highest BCUT2D eigenvalue weighted by Gasteiger charge is 2.45. The molecule has 0 aromatic heterocycles. The van der Waals surface area contributed by atoms with Crippen molar-refractivity contribution in [3.63, 3.8) is 0 Å². The molecule has 0 aromatic carbocycles. The summed E-state index contributed by atoms with van der Waals surface area (Å²) in [4.78, 5) is 23.6. The Morgan fingerprint density at radius 1 is 1.05 bits per heavy atom. The molecule has 2 unspecified atom stereocenters. The number of rotatable bonds is 5. The Morgan fingerprint density at radius 3 is 2.05 bits per heavy atom. The van der Waals surface area contributed by atoms with E-state index in [0.29, 0.717) is 6.61 Å². The molecule has 3 atom stereocenters. The number of ether oxygens (including phenoxy) is 3. The molecule has 0 radical (unpaired) electrons. The Morgan fingerprint density at radius 2 is 1.57 bits per heavy atom. The molecule has 1 aliphatic carbocycles. The smallest absolute Gasteiger partial charge is 0.335 e. The molecule has 21 heavy (non-hydrogen) atoms. The molecule has 1 aliphatic rings. The van der Waals surface area contributed by atoms with Crippen LogP contribution < -0.4 is 0 Å². The van der Waals surface area contributed by atoms with Gasteiger partial charge in [0.2, 0.25) is 0 Å². The summed E-state index contributed by atoms with van der Waals surface area (Å²) in [6.07, 6.45) is 0.139. The van der Waals surface area contributed by atoms with Crippen molar-refractivity contribution in [2.75, 3.05) is 6.61 Å². The molecule has 0 amide bonds. The van der Waals surface area contributed by atoms with Gasteiger partial charge in [-0.2, -0.15) is 0 Å². The Bertz CT molecular complexity index is 388. The lowest BCUT2D eigenvalue weighted by Crippen LogP contribution is -2.32. The minimum Gasteiger partial charge on any atom is -0.460 e. The molecular weight excluding hydrogens is 272 g/mol. The van der Waals surface area contributed by atoms with Gasteiger partial charge in [0.1, 0.15) is 11.2 Å². The Kier molecular flexibility index (Phi) is 5.42. The SMILES string of the molecule is C[C@@H](OCC1CC1C(=O)OC(C)(C)C)C(=O)OC(C)(C)C. The predicted octanol–water partition coefficient (Wildman–Crippen LogP) is 2.71. The van der Waals surface area contributed by atoms with Gasteiger partial charge >= 0.3 is 11.9 Å². The fraction of sp³-hybridized carbons (Fsp3) is 0.875. The Balaban J connectivity index is 2.29. The summed E-state index contributed by atoms with van der Waals surface area (Å²) in [6.45, 7) is 13.0. The molecular formula is C16H28O5. The van der Waals surface area contributed by atoms with Crippen molar-refractivity contribution in [3.05, 3.63) is 0 Å². The maximum atomic E-state index is 11.8. The number of carbonyl (C=O) groups is 2. The van der Waals surface area contributed by atoms with Crippen LogP contribution in [0.4, 0.5) is 0 Å². The van der Waals surface area contributed by atoms with E-state index in [-0.39, 0.29) is 23.8 Å². The largest absolute Gasteiger partial charge is 0.460 e. The third kappa shape index (κ3) is 6.93. The molecule has 0 N–H and O–H groups in total. The predicted molar refractivity (Wildman–Crippen MR) is 78.7 cm³/mol. The first-order valence-electron chi connectivity index (χ1n) is 7.46. The van der Waals surface area contributed by atoms with Crippen LogP contribution >= 0.6 is 0 Å². The molecule has 0 spiro atoms. The average molecular weight is 300 g/mol. The molecule has 5 heteroatoms. The third-order valence-corrected chi connectivity index (χ3v) is 2.93. The second kappa shape index (κ2) is 6.34. The van der Waals surface area contributed by atoms with E-state index in [1.54, 1.807) is 6.92 Å². The molecule has 0 bridgehead atoms. The summed E-state index contributed by atoms with van der Waals surface area (Å²) in [7, 11) is 0. The number of hydrogen-bond acceptors (Lipinski definition) is 5. The second-order valence-electron chi connectivity index (χ2n) is 7.64. The molecule has 1 saturated carbocycles. The third-order valence-electron chi connectivity index (χ3n) is 2.93. The zero-order chi connectivity index (χ0) is 16.4. The number of hydrogen-bond donors (Lipinski definition) is 0. The van der Waals surface area contributed by atoms with Crippen molar-refractivity contribution in [2.45, 2.75) is 72.2 Å². The quantitative estimate of drug-likeness (QED) is 0.731. The normalized spacial score (nSPS) is 23.4. The van der Waals surface area contributed by atoms with Crippen LogP contribution in [0.2, 0.25) is 0 Å². The van der Waals surface area contributed by atoms with Crippen LogP contribution in [0.25, 0.3) is 0 Å². The summed E-state index contributed by atoms with van der Waals surface area (Å²) in [5.41, 5.74) is -0.984. The van der Waals surface area contributed by atoms with Crippen LogP contribution in [0, 0.1) is 11.8 Å². The van der Waals surface area contributed by atoms with Crippen LogP contribution in [0.3, 0.4) is 0 Å². The minimum atomic E-state index is -0.621. The maximum Gasteiger partial charge on any atom is 0.335 e. The van der Waals surface area contributed by atoms with Gasteiger partial charge in [-0.15, -0.1) is 0 Å². The first-order valence-corrected chi connectivity index (χ1v) is 7.46. The zero-order valence-corrected chi connectivity index (χ0v) is 14.2. The molecule has 122 valence electrons. The summed E-state index contributed by atoms with van der Waals surface area (Å²) in [6, 6.07) is 0. The molecule has 1 rings (SSSR count). The molecule has 1 fully saturated rings. The van der Waals surface area contributed by atoms with Gasteiger partial charge < -0.3 is 14.2 Å². The first-order chi connectivity index (χ1) is 9.39. The van der Waals surface area contributed by atoms with Crippen LogP contribution in [0.1, 0.15) is 54.9 Å². The summed E-state index contributed by atoms with van der Waals surface area (Å²) >= 11 is 0. The van der Waals surface area contributed by atoms with Crippen LogP contribution in [-0.2, 0) is 23.8 Å². The molecule has 5 nitrogen and oxygen atoms in total. The van der Waals surface area contributed by atoms with Gasteiger partial charge in [-0.05, 0) is 60.8 Å². The maximum absolute atomic E-state index is 11.8. The highest BCUT2D eigenvalue weighted by molar-refractivity contribution is 5.76. The van der Waals surface area contributed by atoms with Gasteiger partial charge in [0.15, 0.2) is 6.10 Å². The van der Waals surface area contributed by atoms with E-state index in [2.05, 4.69) is 0 Å². The second-order valence-corrected chi connectivity index (χ2v) is 7.64. The highest BCUT2D eigenvalue weighted by Crippen LogP contribution is 2.40. The lowest BCUT2D eigenvalue weighted by molar-refractivity contribution is -0.167. The van der Waals surface area contributed by atoms with Gasteiger partial charge in [0, 0.05) is 0 Å². The van der Waals surface area contributed by atoms with E-state index < -0.39 is 17.3 Å². The van der Waals surface area contributed by atoms with Gasteiger partial charge in [-0.3, -0.25) is 4.79 Å².